The molecule has 2 aromatic carbocycles. The van der Waals surface area contributed by atoms with Gasteiger partial charge in [-0.2, -0.15) is 0 Å². The normalized spacial score (nSPS) is 17.9. The summed E-state index contributed by atoms with van der Waals surface area (Å²) in [5.74, 6) is -1.06. The molecule has 0 radical (unpaired) electrons. The van der Waals surface area contributed by atoms with Gasteiger partial charge in [0.1, 0.15) is 11.5 Å². The summed E-state index contributed by atoms with van der Waals surface area (Å²) >= 11 is 3.42. The molecule has 1 amide bonds. The Morgan fingerprint density at radius 3 is 2.52 bits per heavy atom. The highest BCUT2D eigenvalue weighted by Gasteiger charge is 2.45. The van der Waals surface area contributed by atoms with E-state index in [1.54, 1.807) is 36.4 Å². The maximum Gasteiger partial charge on any atom is 0.295 e. The SMILES string of the molecule is CCOc1ccc(C(O)=C2C(=O)C(=O)N(CCOCCO)C2c2cccc(Br)c2)cc1. The molecule has 1 aliphatic heterocycles. The Kier molecular flexibility index (Phi) is 7.84. The maximum atomic E-state index is 12.9. The highest BCUT2D eigenvalue weighted by Crippen LogP contribution is 2.40. The van der Waals surface area contributed by atoms with E-state index in [0.717, 1.165) is 4.47 Å². The van der Waals surface area contributed by atoms with Gasteiger partial charge in [0.05, 0.1) is 38.0 Å². The number of carbonyl (C=O) groups is 2. The number of rotatable bonds is 9. The zero-order valence-electron chi connectivity index (χ0n) is 17.1. The number of likely N-dealkylation sites (tertiary alicyclic amines) is 1. The van der Waals surface area contributed by atoms with Crippen LogP contribution >= 0.6 is 15.9 Å². The van der Waals surface area contributed by atoms with Crippen LogP contribution in [0.2, 0.25) is 0 Å². The highest BCUT2D eigenvalue weighted by molar-refractivity contribution is 9.10. The molecule has 1 aliphatic rings. The Morgan fingerprint density at radius 1 is 1.13 bits per heavy atom. The number of nitrogens with zero attached hydrogens (tertiary/aromatic N) is 1. The molecule has 2 aromatic rings. The number of ketones is 1. The van der Waals surface area contributed by atoms with Crippen molar-refractivity contribution in [3.63, 3.8) is 0 Å². The van der Waals surface area contributed by atoms with E-state index in [0.29, 0.717) is 23.5 Å². The number of Topliss-reactive ketones (excluding diaryl/α,β-unsaturated/α-hetero) is 1. The standard InChI is InChI=1S/C23H24BrNO6/c1-2-31-18-8-6-15(7-9-18)21(27)19-20(16-4-3-5-17(24)14-16)25(23(29)22(19)28)10-12-30-13-11-26/h3-9,14,20,26-27H,2,10-13H2,1H3. The van der Waals surface area contributed by atoms with Gasteiger partial charge in [-0.15, -0.1) is 0 Å². The molecule has 1 fully saturated rings. The molecule has 0 saturated carbocycles. The average Bonchev–Trinajstić information content (AvgIpc) is 3.02. The third-order valence-electron chi connectivity index (χ3n) is 4.86. The van der Waals surface area contributed by atoms with Crippen LogP contribution in [0.5, 0.6) is 5.75 Å². The first kappa shape index (κ1) is 23.0. The molecule has 0 aromatic heterocycles. The van der Waals surface area contributed by atoms with Crippen LogP contribution in [0.1, 0.15) is 24.1 Å². The van der Waals surface area contributed by atoms with Gasteiger partial charge in [0.2, 0.25) is 0 Å². The smallest absolute Gasteiger partial charge is 0.295 e. The predicted molar refractivity (Wildman–Crippen MR) is 119 cm³/mol. The summed E-state index contributed by atoms with van der Waals surface area (Å²) in [5.41, 5.74) is 1.12. The summed E-state index contributed by atoms with van der Waals surface area (Å²) in [6.45, 7) is 2.68. The summed E-state index contributed by atoms with van der Waals surface area (Å²) in [4.78, 5) is 27.1. The van der Waals surface area contributed by atoms with Crippen molar-refractivity contribution in [1.29, 1.82) is 0 Å². The van der Waals surface area contributed by atoms with Gasteiger partial charge in [0, 0.05) is 16.6 Å². The maximum absolute atomic E-state index is 12.9. The quantitative estimate of drug-likeness (QED) is 0.243. The minimum atomic E-state index is -0.762. The van der Waals surface area contributed by atoms with Crippen molar-refractivity contribution in [1.82, 2.24) is 4.90 Å². The number of carbonyl (C=O) groups excluding carboxylic acids is 2. The zero-order valence-corrected chi connectivity index (χ0v) is 18.7. The predicted octanol–water partition coefficient (Wildman–Crippen LogP) is 3.28. The first-order valence-electron chi connectivity index (χ1n) is 9.93. The lowest BCUT2D eigenvalue weighted by atomic mass is 9.95. The Balaban J connectivity index is 2.03. The lowest BCUT2D eigenvalue weighted by molar-refractivity contribution is -0.140. The molecule has 1 atom stereocenters. The van der Waals surface area contributed by atoms with E-state index >= 15 is 0 Å². The van der Waals surface area contributed by atoms with Crippen molar-refractivity contribution in [2.75, 3.05) is 33.0 Å². The molecular formula is C23H24BrNO6. The molecule has 3 rings (SSSR count). The average molecular weight is 490 g/mol. The summed E-state index contributed by atoms with van der Waals surface area (Å²) < 4.78 is 11.5. The number of hydrogen-bond acceptors (Lipinski definition) is 6. The van der Waals surface area contributed by atoms with E-state index in [1.165, 1.54) is 4.90 Å². The monoisotopic (exact) mass is 489 g/mol. The van der Waals surface area contributed by atoms with Crippen LogP contribution in [0.3, 0.4) is 0 Å². The number of aliphatic hydroxyl groups excluding tert-OH is 2. The number of benzene rings is 2. The van der Waals surface area contributed by atoms with E-state index in [9.17, 15) is 14.7 Å². The van der Waals surface area contributed by atoms with Crippen LogP contribution in [0.15, 0.2) is 58.6 Å². The number of aliphatic hydroxyl groups is 2. The van der Waals surface area contributed by atoms with Gasteiger partial charge in [0.15, 0.2) is 0 Å². The van der Waals surface area contributed by atoms with Crippen molar-refractivity contribution < 1.29 is 29.3 Å². The Bertz CT molecular complexity index is 972. The van der Waals surface area contributed by atoms with Crippen LogP contribution < -0.4 is 4.74 Å². The number of amides is 1. The molecular weight excluding hydrogens is 466 g/mol. The fourth-order valence-corrected chi connectivity index (χ4v) is 3.91. The molecule has 8 heteroatoms. The van der Waals surface area contributed by atoms with Crippen LogP contribution in [0, 0.1) is 0 Å². The molecule has 164 valence electrons. The van der Waals surface area contributed by atoms with E-state index in [4.69, 9.17) is 14.6 Å². The molecule has 1 unspecified atom stereocenters. The first-order valence-corrected chi connectivity index (χ1v) is 10.7. The minimum absolute atomic E-state index is 0.0226. The van der Waals surface area contributed by atoms with Crippen LogP contribution in [0.4, 0.5) is 0 Å². The van der Waals surface area contributed by atoms with Crippen LogP contribution in [0.25, 0.3) is 5.76 Å². The zero-order chi connectivity index (χ0) is 22.4. The van der Waals surface area contributed by atoms with E-state index < -0.39 is 17.7 Å². The Labute approximate surface area is 189 Å². The van der Waals surface area contributed by atoms with E-state index in [-0.39, 0.29) is 37.7 Å². The third kappa shape index (κ3) is 5.15. The molecule has 1 saturated heterocycles. The van der Waals surface area contributed by atoms with Crippen molar-refractivity contribution >= 4 is 33.4 Å². The van der Waals surface area contributed by atoms with Gasteiger partial charge in [-0.25, -0.2) is 0 Å². The molecule has 31 heavy (non-hydrogen) atoms. The summed E-state index contributed by atoms with van der Waals surface area (Å²) in [6, 6.07) is 13.2. The molecule has 1 heterocycles. The lowest BCUT2D eigenvalue weighted by Gasteiger charge is -2.25. The first-order chi connectivity index (χ1) is 15.0. The summed E-state index contributed by atoms with van der Waals surface area (Å²) in [6.07, 6.45) is 0. The third-order valence-corrected chi connectivity index (χ3v) is 5.35. The van der Waals surface area contributed by atoms with Gasteiger partial charge < -0.3 is 24.6 Å². The molecule has 2 N–H and O–H groups in total. The van der Waals surface area contributed by atoms with Crippen molar-refractivity contribution in [2.24, 2.45) is 0 Å². The highest BCUT2D eigenvalue weighted by atomic mass is 79.9. The Hall–Kier alpha value is -2.68. The summed E-state index contributed by atoms with van der Waals surface area (Å²) in [5, 5.41) is 19.9. The summed E-state index contributed by atoms with van der Waals surface area (Å²) in [7, 11) is 0. The second-order valence-corrected chi connectivity index (χ2v) is 7.76. The van der Waals surface area contributed by atoms with Crippen LogP contribution in [-0.4, -0.2) is 59.8 Å². The fourth-order valence-electron chi connectivity index (χ4n) is 3.49. The van der Waals surface area contributed by atoms with Crippen LogP contribution in [-0.2, 0) is 14.3 Å². The van der Waals surface area contributed by atoms with Gasteiger partial charge in [-0.1, -0.05) is 28.1 Å². The lowest BCUT2D eigenvalue weighted by Crippen LogP contribution is -2.33. The number of hydrogen-bond donors (Lipinski definition) is 2. The van der Waals surface area contributed by atoms with Crippen molar-refractivity contribution in [3.8, 4) is 5.75 Å². The molecule has 0 bridgehead atoms. The fraction of sp³-hybridized carbons (Fsp3) is 0.304. The molecule has 7 nitrogen and oxygen atoms in total. The number of halogens is 1. The topological polar surface area (TPSA) is 96.3 Å². The second-order valence-electron chi connectivity index (χ2n) is 6.84. The van der Waals surface area contributed by atoms with Gasteiger partial charge in [-0.3, -0.25) is 9.59 Å². The number of ether oxygens (including phenoxy) is 2. The Morgan fingerprint density at radius 2 is 1.87 bits per heavy atom. The second kappa shape index (κ2) is 10.6. The van der Waals surface area contributed by atoms with E-state index in [2.05, 4.69) is 15.9 Å². The van der Waals surface area contributed by atoms with Gasteiger partial charge >= 0.3 is 0 Å². The molecule has 0 aliphatic carbocycles. The van der Waals surface area contributed by atoms with Gasteiger partial charge in [0.25, 0.3) is 11.7 Å². The largest absolute Gasteiger partial charge is 0.507 e. The molecule has 0 spiro atoms. The van der Waals surface area contributed by atoms with Crippen molar-refractivity contribution in [2.45, 2.75) is 13.0 Å². The van der Waals surface area contributed by atoms with E-state index in [1.807, 2.05) is 19.1 Å². The van der Waals surface area contributed by atoms with Crippen molar-refractivity contribution in [3.05, 3.63) is 69.7 Å². The van der Waals surface area contributed by atoms with Gasteiger partial charge in [-0.05, 0) is 48.9 Å². The minimum Gasteiger partial charge on any atom is -0.507 e.